The summed E-state index contributed by atoms with van der Waals surface area (Å²) >= 11 is 0. The Bertz CT molecular complexity index is 1120. The smallest absolute Gasteiger partial charge is 0.0573 e. The predicted octanol–water partition coefficient (Wildman–Crippen LogP) is 7.41. The van der Waals surface area contributed by atoms with Gasteiger partial charge in [-0.1, -0.05) is 110 Å². The predicted molar refractivity (Wildman–Crippen MR) is 136 cm³/mol. The molecule has 2 atom stereocenters. The van der Waals surface area contributed by atoms with Gasteiger partial charge in [0.05, 0.1) is 6.04 Å². The average molecular weight is 406 g/mol. The summed E-state index contributed by atoms with van der Waals surface area (Å²) in [4.78, 5) is 2.46. The van der Waals surface area contributed by atoms with Crippen LogP contribution < -0.4 is 0 Å². The fraction of sp³-hybridized carbons (Fsp3) is 0.200. The zero-order valence-electron chi connectivity index (χ0n) is 18.5. The summed E-state index contributed by atoms with van der Waals surface area (Å²) in [6.07, 6.45) is 29.4. The van der Waals surface area contributed by atoms with Crippen molar-refractivity contribution in [2.75, 3.05) is 6.54 Å². The van der Waals surface area contributed by atoms with Gasteiger partial charge in [0.15, 0.2) is 0 Å². The van der Waals surface area contributed by atoms with Gasteiger partial charge in [-0.05, 0) is 47.4 Å². The minimum Gasteiger partial charge on any atom is -0.364 e. The zero-order valence-corrected chi connectivity index (χ0v) is 18.5. The lowest BCUT2D eigenvalue weighted by Crippen LogP contribution is -2.40. The molecule has 0 aromatic heterocycles. The maximum absolute atomic E-state index is 2.46. The number of hydrogen-bond acceptors (Lipinski definition) is 1. The van der Waals surface area contributed by atoms with Crippen LogP contribution in [-0.2, 0) is 6.42 Å². The van der Waals surface area contributed by atoms with Crippen LogP contribution >= 0.6 is 0 Å². The van der Waals surface area contributed by atoms with Crippen LogP contribution in [0.1, 0.15) is 25.0 Å². The number of hydrogen-bond donors (Lipinski definition) is 0. The quantitative estimate of drug-likeness (QED) is 0.452. The first-order valence-electron chi connectivity index (χ1n) is 11.3. The van der Waals surface area contributed by atoms with E-state index in [4.69, 9.17) is 0 Å². The van der Waals surface area contributed by atoms with E-state index in [0.29, 0.717) is 12.0 Å². The molecule has 0 fully saturated rings. The number of nitrogens with zero attached hydrogens (tertiary/aromatic N) is 1. The number of benzene rings is 2. The third-order valence-electron chi connectivity index (χ3n) is 6.09. The Kier molecular flexibility index (Phi) is 6.84. The minimum atomic E-state index is 0.438. The molecule has 0 N–H and O–H groups in total. The summed E-state index contributed by atoms with van der Waals surface area (Å²) in [6, 6.07) is 13.5. The molecule has 2 aromatic carbocycles. The average Bonchev–Trinajstić information content (AvgIpc) is 2.82. The minimum absolute atomic E-state index is 0.438. The number of likely N-dealkylation sites (N-methyl/N-ethyl adjacent to an activating group) is 1. The molecule has 31 heavy (non-hydrogen) atoms. The third-order valence-corrected chi connectivity index (χ3v) is 6.09. The summed E-state index contributed by atoms with van der Waals surface area (Å²) in [5.41, 5.74) is 3.98. The SMILES string of the molecule is CCc1c(/C=C/C=C/C=C/C=C2\C=CC3C=CC=CC3N2CC)ccc2ccccc12. The molecule has 1 heterocycles. The second-order valence-corrected chi connectivity index (χ2v) is 7.91. The molecule has 0 saturated carbocycles. The van der Waals surface area contributed by atoms with E-state index < -0.39 is 0 Å². The van der Waals surface area contributed by atoms with Crippen molar-refractivity contribution in [3.63, 3.8) is 0 Å². The molecule has 2 aliphatic rings. The van der Waals surface area contributed by atoms with Crippen LogP contribution in [0.3, 0.4) is 0 Å². The first-order valence-corrected chi connectivity index (χ1v) is 11.3. The van der Waals surface area contributed by atoms with Crippen LogP contribution in [0.15, 0.2) is 115 Å². The Hall–Kier alpha value is -3.32. The number of aryl methyl sites for hydroxylation is 1. The summed E-state index contributed by atoms with van der Waals surface area (Å²) in [6.45, 7) is 5.46. The Morgan fingerprint density at radius 2 is 1.65 bits per heavy atom. The molecule has 0 spiro atoms. The van der Waals surface area contributed by atoms with Crippen molar-refractivity contribution < 1.29 is 0 Å². The van der Waals surface area contributed by atoms with Crippen molar-refractivity contribution in [2.24, 2.45) is 5.92 Å². The molecule has 1 nitrogen and oxygen atoms in total. The maximum Gasteiger partial charge on any atom is 0.0573 e. The summed E-state index contributed by atoms with van der Waals surface area (Å²) in [5, 5.41) is 2.67. The topological polar surface area (TPSA) is 3.24 Å². The highest BCUT2D eigenvalue weighted by molar-refractivity contribution is 5.88. The van der Waals surface area contributed by atoms with Crippen molar-refractivity contribution in [1.29, 1.82) is 0 Å². The summed E-state index contributed by atoms with van der Waals surface area (Å²) in [7, 11) is 0. The van der Waals surface area contributed by atoms with Gasteiger partial charge in [-0.15, -0.1) is 0 Å². The molecule has 0 saturated heterocycles. The van der Waals surface area contributed by atoms with Crippen molar-refractivity contribution in [2.45, 2.75) is 26.3 Å². The molecular formula is C30H31N. The van der Waals surface area contributed by atoms with Crippen LogP contribution in [0.5, 0.6) is 0 Å². The van der Waals surface area contributed by atoms with Gasteiger partial charge in [0, 0.05) is 18.2 Å². The van der Waals surface area contributed by atoms with Gasteiger partial charge in [-0.25, -0.2) is 0 Å². The molecule has 0 bridgehead atoms. The van der Waals surface area contributed by atoms with E-state index in [1.165, 1.54) is 27.6 Å². The van der Waals surface area contributed by atoms with Gasteiger partial charge in [-0.3, -0.25) is 0 Å². The molecule has 1 aliphatic carbocycles. The van der Waals surface area contributed by atoms with E-state index in [0.717, 1.165) is 13.0 Å². The van der Waals surface area contributed by atoms with Gasteiger partial charge in [0.25, 0.3) is 0 Å². The lowest BCUT2D eigenvalue weighted by molar-refractivity contribution is 0.275. The molecule has 1 heteroatoms. The van der Waals surface area contributed by atoms with E-state index in [1.54, 1.807) is 0 Å². The highest BCUT2D eigenvalue weighted by Crippen LogP contribution is 2.29. The lowest BCUT2D eigenvalue weighted by Gasteiger charge is -2.39. The summed E-state index contributed by atoms with van der Waals surface area (Å²) in [5.74, 6) is 0.485. The monoisotopic (exact) mass is 405 g/mol. The van der Waals surface area contributed by atoms with Gasteiger partial charge in [0.2, 0.25) is 0 Å². The van der Waals surface area contributed by atoms with Crippen molar-refractivity contribution >= 4 is 16.8 Å². The summed E-state index contributed by atoms with van der Waals surface area (Å²) < 4.78 is 0. The molecule has 0 radical (unpaired) electrons. The van der Waals surface area contributed by atoms with Crippen LogP contribution in [-0.4, -0.2) is 17.5 Å². The number of allylic oxidation sites excluding steroid dienone is 9. The highest BCUT2D eigenvalue weighted by atomic mass is 15.2. The van der Waals surface area contributed by atoms with E-state index in [-0.39, 0.29) is 0 Å². The number of rotatable bonds is 6. The van der Waals surface area contributed by atoms with E-state index in [1.807, 2.05) is 0 Å². The molecule has 2 unspecified atom stereocenters. The molecule has 156 valence electrons. The fourth-order valence-electron chi connectivity index (χ4n) is 4.53. The largest absolute Gasteiger partial charge is 0.364 e. The normalized spacial score (nSPS) is 22.0. The Balaban J connectivity index is 1.42. The van der Waals surface area contributed by atoms with Crippen LogP contribution in [0.4, 0.5) is 0 Å². The zero-order chi connectivity index (χ0) is 21.5. The van der Waals surface area contributed by atoms with E-state index in [2.05, 4.69) is 134 Å². The lowest BCUT2D eigenvalue weighted by atomic mass is 9.89. The maximum atomic E-state index is 2.46. The molecule has 2 aromatic rings. The second kappa shape index (κ2) is 10.1. The van der Waals surface area contributed by atoms with E-state index >= 15 is 0 Å². The van der Waals surface area contributed by atoms with E-state index in [9.17, 15) is 0 Å². The Morgan fingerprint density at radius 1 is 0.839 bits per heavy atom. The van der Waals surface area contributed by atoms with Gasteiger partial charge in [-0.2, -0.15) is 0 Å². The second-order valence-electron chi connectivity index (χ2n) is 7.91. The molecule has 1 aliphatic heterocycles. The van der Waals surface area contributed by atoms with Crippen LogP contribution in [0.2, 0.25) is 0 Å². The van der Waals surface area contributed by atoms with Crippen LogP contribution in [0, 0.1) is 5.92 Å². The molecular weight excluding hydrogens is 374 g/mol. The van der Waals surface area contributed by atoms with Gasteiger partial charge < -0.3 is 4.90 Å². The van der Waals surface area contributed by atoms with Crippen molar-refractivity contribution in [3.8, 4) is 0 Å². The Morgan fingerprint density at radius 3 is 2.52 bits per heavy atom. The standard InChI is InChI=1S/C30H31N/c1-3-28-24(20-21-25-15-10-12-18-29(25)28)14-8-6-5-7-9-17-27-23-22-26-16-11-13-19-30(26)31(27)4-2/h5-23,26,30H,3-4H2,1-2H3/b6-5+,9-7+,14-8+,27-17+. The third kappa shape index (κ3) is 4.72. The first kappa shape index (κ1) is 20.9. The fourth-order valence-corrected chi connectivity index (χ4v) is 4.53. The van der Waals surface area contributed by atoms with Crippen molar-refractivity contribution in [1.82, 2.24) is 4.90 Å². The van der Waals surface area contributed by atoms with Gasteiger partial charge >= 0.3 is 0 Å². The molecule has 0 amide bonds. The van der Waals surface area contributed by atoms with Gasteiger partial charge in [0.1, 0.15) is 0 Å². The Labute approximate surface area is 186 Å². The number of fused-ring (bicyclic) bond motifs is 2. The first-order chi connectivity index (χ1) is 15.3. The van der Waals surface area contributed by atoms with Crippen LogP contribution in [0.25, 0.3) is 16.8 Å². The van der Waals surface area contributed by atoms with Crippen molar-refractivity contribution in [3.05, 3.63) is 126 Å². The molecule has 4 rings (SSSR count). The highest BCUT2D eigenvalue weighted by Gasteiger charge is 2.26.